The molecule has 25 heavy (non-hydrogen) atoms. The third-order valence-electron chi connectivity index (χ3n) is 3.32. The van der Waals surface area contributed by atoms with Crippen LogP contribution in [0.4, 0.5) is 0 Å². The highest BCUT2D eigenvalue weighted by molar-refractivity contribution is 6.35. The number of carbonyl (C=O) groups is 2. The first-order chi connectivity index (χ1) is 12.2. The predicted octanol–water partition coefficient (Wildman–Crippen LogP) is 1.89. The van der Waals surface area contributed by atoms with E-state index in [1.807, 2.05) is 49.4 Å². The smallest absolute Gasteiger partial charge is 0.329 e. The van der Waals surface area contributed by atoms with E-state index in [0.29, 0.717) is 19.6 Å². The fourth-order valence-electron chi connectivity index (χ4n) is 2.08. The number of nitrogens with zero attached hydrogens (tertiary/aromatic N) is 1. The minimum atomic E-state index is -0.796. The van der Waals surface area contributed by atoms with Crippen molar-refractivity contribution in [3.63, 3.8) is 0 Å². The zero-order chi connectivity index (χ0) is 17.9. The van der Waals surface area contributed by atoms with E-state index in [1.165, 1.54) is 6.21 Å². The molecule has 2 aromatic rings. The topological polar surface area (TPSA) is 79.8 Å². The number of hydrazone groups is 1. The summed E-state index contributed by atoms with van der Waals surface area (Å²) in [4.78, 5) is 23.3. The molecular weight excluding hydrogens is 318 g/mol. The van der Waals surface area contributed by atoms with Gasteiger partial charge in [0.25, 0.3) is 0 Å². The molecule has 0 unspecified atom stereocenters. The summed E-state index contributed by atoms with van der Waals surface area (Å²) >= 11 is 0. The molecule has 0 fully saturated rings. The first-order valence-corrected chi connectivity index (χ1v) is 8.07. The van der Waals surface area contributed by atoms with Crippen molar-refractivity contribution in [1.29, 1.82) is 0 Å². The Balaban J connectivity index is 1.72. The molecule has 2 rings (SSSR count). The van der Waals surface area contributed by atoms with Gasteiger partial charge in [-0.15, -0.1) is 0 Å². The largest absolute Gasteiger partial charge is 0.494 e. The lowest BCUT2D eigenvalue weighted by Crippen LogP contribution is -2.38. The Morgan fingerprint density at radius 2 is 1.76 bits per heavy atom. The Hall–Kier alpha value is -3.15. The maximum absolute atomic E-state index is 11.7. The number of hydrogen-bond acceptors (Lipinski definition) is 4. The zero-order valence-electron chi connectivity index (χ0n) is 14.1. The van der Waals surface area contributed by atoms with E-state index in [1.54, 1.807) is 12.1 Å². The quantitative estimate of drug-likeness (QED) is 0.459. The molecule has 0 saturated carbocycles. The van der Waals surface area contributed by atoms with Gasteiger partial charge in [-0.2, -0.15) is 5.10 Å². The van der Waals surface area contributed by atoms with Crippen molar-refractivity contribution in [2.75, 3.05) is 13.2 Å². The zero-order valence-corrected chi connectivity index (χ0v) is 14.1. The molecule has 6 heteroatoms. The highest BCUT2D eigenvalue weighted by Crippen LogP contribution is 2.10. The molecule has 0 aliphatic heterocycles. The van der Waals surface area contributed by atoms with Gasteiger partial charge in [0.05, 0.1) is 12.8 Å². The van der Waals surface area contributed by atoms with E-state index in [2.05, 4.69) is 15.8 Å². The number of carbonyl (C=O) groups excluding carboxylic acids is 2. The fraction of sp³-hybridized carbons (Fsp3) is 0.211. The number of benzene rings is 2. The summed E-state index contributed by atoms with van der Waals surface area (Å²) in [5.74, 6) is -0.739. The monoisotopic (exact) mass is 339 g/mol. The minimum absolute atomic E-state index is 0.388. The van der Waals surface area contributed by atoms with Gasteiger partial charge in [0.2, 0.25) is 0 Å². The second kappa shape index (κ2) is 9.87. The Labute approximate surface area is 146 Å². The fourth-order valence-corrected chi connectivity index (χ4v) is 2.08. The van der Waals surface area contributed by atoms with Gasteiger partial charge in [-0.05, 0) is 48.7 Å². The molecule has 0 saturated heterocycles. The van der Waals surface area contributed by atoms with E-state index in [-0.39, 0.29) is 0 Å². The predicted molar refractivity (Wildman–Crippen MR) is 96.5 cm³/mol. The summed E-state index contributed by atoms with van der Waals surface area (Å²) in [5.41, 5.74) is 4.09. The minimum Gasteiger partial charge on any atom is -0.494 e. The van der Waals surface area contributed by atoms with E-state index in [9.17, 15) is 9.59 Å². The summed E-state index contributed by atoms with van der Waals surface area (Å²) in [6.07, 6.45) is 2.13. The van der Waals surface area contributed by atoms with Crippen LogP contribution in [0, 0.1) is 0 Å². The average Bonchev–Trinajstić information content (AvgIpc) is 2.64. The molecule has 0 aromatic heterocycles. The number of ether oxygens (including phenoxy) is 1. The maximum Gasteiger partial charge on any atom is 0.329 e. The van der Waals surface area contributed by atoms with Gasteiger partial charge in [-0.1, -0.05) is 30.3 Å². The molecule has 0 bridgehead atoms. The van der Waals surface area contributed by atoms with Crippen LogP contribution in [0.15, 0.2) is 59.7 Å². The van der Waals surface area contributed by atoms with Gasteiger partial charge >= 0.3 is 11.8 Å². The molecule has 0 atom stereocenters. The number of amides is 2. The average molecular weight is 339 g/mol. The first-order valence-electron chi connectivity index (χ1n) is 8.07. The van der Waals surface area contributed by atoms with E-state index in [4.69, 9.17) is 4.74 Å². The summed E-state index contributed by atoms with van der Waals surface area (Å²) in [6, 6.07) is 16.9. The highest BCUT2D eigenvalue weighted by Gasteiger charge is 2.11. The summed E-state index contributed by atoms with van der Waals surface area (Å²) in [5, 5.41) is 6.34. The van der Waals surface area contributed by atoms with Gasteiger partial charge in [-0.3, -0.25) is 9.59 Å². The molecule has 0 aliphatic rings. The van der Waals surface area contributed by atoms with Crippen molar-refractivity contribution in [2.24, 2.45) is 5.10 Å². The van der Waals surface area contributed by atoms with Crippen LogP contribution >= 0.6 is 0 Å². The molecule has 6 nitrogen and oxygen atoms in total. The van der Waals surface area contributed by atoms with Gasteiger partial charge in [0.15, 0.2) is 0 Å². The van der Waals surface area contributed by atoms with Gasteiger partial charge in [0.1, 0.15) is 5.75 Å². The molecule has 0 radical (unpaired) electrons. The standard InChI is InChI=1S/C19H21N3O3/c1-2-25-17-10-8-16(9-11-17)14-21-22-19(24)18(23)20-13-12-15-6-4-3-5-7-15/h3-11,14H,2,12-13H2,1H3,(H,20,23)(H,22,24)/b21-14+. The van der Waals surface area contributed by atoms with Crippen molar-refractivity contribution < 1.29 is 14.3 Å². The van der Waals surface area contributed by atoms with Gasteiger partial charge in [0, 0.05) is 6.54 Å². The molecule has 2 aromatic carbocycles. The number of rotatable bonds is 7. The molecular formula is C19H21N3O3. The summed E-state index contributed by atoms with van der Waals surface area (Å²) in [6.45, 7) is 2.90. The van der Waals surface area contributed by atoms with E-state index in [0.717, 1.165) is 16.9 Å². The Morgan fingerprint density at radius 1 is 1.04 bits per heavy atom. The summed E-state index contributed by atoms with van der Waals surface area (Å²) < 4.78 is 5.34. The van der Waals surface area contributed by atoms with Gasteiger partial charge in [-0.25, -0.2) is 5.43 Å². The van der Waals surface area contributed by atoms with Crippen molar-refractivity contribution in [1.82, 2.24) is 10.7 Å². The van der Waals surface area contributed by atoms with Crippen LogP contribution in [0.25, 0.3) is 0 Å². The van der Waals surface area contributed by atoms with Crippen LogP contribution in [0.2, 0.25) is 0 Å². The lowest BCUT2D eigenvalue weighted by Gasteiger charge is -2.04. The van der Waals surface area contributed by atoms with Crippen molar-refractivity contribution in [2.45, 2.75) is 13.3 Å². The maximum atomic E-state index is 11.7. The molecule has 2 N–H and O–H groups in total. The van der Waals surface area contributed by atoms with Crippen LogP contribution in [-0.4, -0.2) is 31.2 Å². The molecule has 2 amide bonds. The Bertz CT molecular complexity index is 712. The van der Waals surface area contributed by atoms with Crippen LogP contribution in [0.5, 0.6) is 5.75 Å². The second-order valence-electron chi connectivity index (χ2n) is 5.19. The summed E-state index contributed by atoms with van der Waals surface area (Å²) in [7, 11) is 0. The molecule has 0 heterocycles. The molecule has 0 spiro atoms. The molecule has 130 valence electrons. The second-order valence-corrected chi connectivity index (χ2v) is 5.19. The van der Waals surface area contributed by atoms with Crippen LogP contribution in [-0.2, 0) is 16.0 Å². The highest BCUT2D eigenvalue weighted by atomic mass is 16.5. The van der Waals surface area contributed by atoms with Crippen molar-refractivity contribution in [3.05, 3.63) is 65.7 Å². The third kappa shape index (κ3) is 6.47. The molecule has 0 aliphatic carbocycles. The van der Waals surface area contributed by atoms with Crippen LogP contribution < -0.4 is 15.5 Å². The van der Waals surface area contributed by atoms with Crippen molar-refractivity contribution >= 4 is 18.0 Å². The number of nitrogens with one attached hydrogen (secondary N) is 2. The van der Waals surface area contributed by atoms with Gasteiger partial charge < -0.3 is 10.1 Å². The lowest BCUT2D eigenvalue weighted by molar-refractivity contribution is -0.139. The van der Waals surface area contributed by atoms with E-state index >= 15 is 0 Å². The van der Waals surface area contributed by atoms with Crippen molar-refractivity contribution in [3.8, 4) is 5.75 Å². The number of hydrogen-bond donors (Lipinski definition) is 2. The lowest BCUT2D eigenvalue weighted by atomic mass is 10.1. The van der Waals surface area contributed by atoms with E-state index < -0.39 is 11.8 Å². The third-order valence-corrected chi connectivity index (χ3v) is 3.32. The van der Waals surface area contributed by atoms with Crippen LogP contribution in [0.3, 0.4) is 0 Å². The van der Waals surface area contributed by atoms with Crippen LogP contribution in [0.1, 0.15) is 18.1 Å². The normalized spacial score (nSPS) is 10.4. The SMILES string of the molecule is CCOc1ccc(/C=N/NC(=O)C(=O)NCCc2ccccc2)cc1. The Morgan fingerprint density at radius 3 is 2.44 bits per heavy atom. The first kappa shape index (κ1) is 18.2. The Kier molecular flexibility index (Phi) is 7.18.